The highest BCUT2D eigenvalue weighted by Crippen LogP contribution is 2.32. The second-order valence-corrected chi connectivity index (χ2v) is 10.3. The van der Waals surface area contributed by atoms with Crippen molar-refractivity contribution in [2.75, 3.05) is 6.61 Å². The van der Waals surface area contributed by atoms with Gasteiger partial charge in [-0.3, -0.25) is 9.78 Å². The fraction of sp³-hybridized carbons (Fsp3) is 0.462. The second-order valence-electron chi connectivity index (χ2n) is 10.3. The molecule has 0 saturated heterocycles. The summed E-state index contributed by atoms with van der Waals surface area (Å²) in [7, 11) is 0. The zero-order valence-electron chi connectivity index (χ0n) is 20.6. The van der Waals surface area contributed by atoms with E-state index in [0.29, 0.717) is 41.5 Å². The molecule has 8 nitrogen and oxygen atoms in total. The number of benzene rings is 1. The first kappa shape index (κ1) is 25.0. The molecule has 2 amide bonds. The van der Waals surface area contributed by atoms with Crippen LogP contribution in [0.3, 0.4) is 0 Å². The lowest BCUT2D eigenvalue weighted by atomic mass is 9.91. The van der Waals surface area contributed by atoms with Crippen molar-refractivity contribution in [2.24, 2.45) is 5.92 Å². The largest absolute Gasteiger partial charge is 0.490 e. The molecule has 0 spiro atoms. The number of ether oxygens (including phenoxy) is 2. The quantitative estimate of drug-likeness (QED) is 0.620. The summed E-state index contributed by atoms with van der Waals surface area (Å²) in [6.07, 6.45) is 1.80. The first-order valence-corrected chi connectivity index (χ1v) is 11.4. The third-order valence-electron chi connectivity index (χ3n) is 5.29. The Balaban J connectivity index is 1.82. The average molecular weight is 465 g/mol. The smallest absolute Gasteiger partial charge is 0.408 e. The maximum atomic E-state index is 12.4. The van der Waals surface area contributed by atoms with Gasteiger partial charge in [0.25, 0.3) is 5.91 Å². The van der Waals surface area contributed by atoms with Gasteiger partial charge >= 0.3 is 6.09 Å². The van der Waals surface area contributed by atoms with Crippen molar-refractivity contribution in [3.63, 3.8) is 0 Å². The Bertz CT molecular complexity index is 1130. The molecule has 2 heterocycles. The SMILES string of the molecule is CC(C)C[C@@](C)(COc1ccc(-c2ccnc3c2C(=O)NC3)cc1C#N)NC(=O)OC(C)(C)C. The van der Waals surface area contributed by atoms with Crippen molar-refractivity contribution in [3.8, 4) is 22.9 Å². The van der Waals surface area contributed by atoms with Gasteiger partial charge in [0.05, 0.1) is 28.9 Å². The Labute approximate surface area is 200 Å². The van der Waals surface area contributed by atoms with Crippen LogP contribution in [0, 0.1) is 17.2 Å². The van der Waals surface area contributed by atoms with Gasteiger partial charge in [-0.15, -0.1) is 0 Å². The van der Waals surface area contributed by atoms with E-state index < -0.39 is 17.2 Å². The van der Waals surface area contributed by atoms with Gasteiger partial charge in [0.2, 0.25) is 0 Å². The van der Waals surface area contributed by atoms with Crippen molar-refractivity contribution in [1.82, 2.24) is 15.6 Å². The Kier molecular flexibility index (Phi) is 7.15. The number of hydrogen-bond acceptors (Lipinski definition) is 6. The van der Waals surface area contributed by atoms with Crippen LogP contribution >= 0.6 is 0 Å². The van der Waals surface area contributed by atoms with E-state index in [0.717, 1.165) is 11.1 Å². The van der Waals surface area contributed by atoms with Crippen molar-refractivity contribution >= 4 is 12.0 Å². The number of hydrogen-bond donors (Lipinski definition) is 2. The van der Waals surface area contributed by atoms with Crippen molar-refractivity contribution < 1.29 is 19.1 Å². The van der Waals surface area contributed by atoms with E-state index in [4.69, 9.17) is 9.47 Å². The first-order chi connectivity index (χ1) is 15.9. The van der Waals surface area contributed by atoms with Gasteiger partial charge in [-0.05, 0) is 69.4 Å². The first-order valence-electron chi connectivity index (χ1n) is 11.4. The highest BCUT2D eigenvalue weighted by Gasteiger charge is 2.31. The molecular weight excluding hydrogens is 432 g/mol. The van der Waals surface area contributed by atoms with Crippen molar-refractivity contribution in [2.45, 2.75) is 65.6 Å². The summed E-state index contributed by atoms with van der Waals surface area (Å²) in [6.45, 7) is 12.0. The second kappa shape index (κ2) is 9.72. The Morgan fingerprint density at radius 2 is 2.00 bits per heavy atom. The summed E-state index contributed by atoms with van der Waals surface area (Å²) in [5, 5.41) is 15.5. The third-order valence-corrected chi connectivity index (χ3v) is 5.29. The van der Waals surface area contributed by atoms with Gasteiger partial charge in [-0.2, -0.15) is 5.26 Å². The monoisotopic (exact) mass is 464 g/mol. The molecule has 0 radical (unpaired) electrons. The normalized spacial score (nSPS) is 14.6. The van der Waals surface area contributed by atoms with E-state index in [1.54, 1.807) is 24.4 Å². The maximum Gasteiger partial charge on any atom is 0.408 e. The highest BCUT2D eigenvalue weighted by molar-refractivity contribution is 6.04. The molecule has 1 aromatic carbocycles. The minimum Gasteiger partial charge on any atom is -0.490 e. The number of alkyl carbamates (subject to hydrolysis) is 1. The fourth-order valence-electron chi connectivity index (χ4n) is 4.13. The van der Waals surface area contributed by atoms with Crippen LogP contribution in [0.1, 0.15) is 69.6 Å². The number of rotatable bonds is 7. The molecule has 0 bridgehead atoms. The third kappa shape index (κ3) is 6.04. The number of fused-ring (bicyclic) bond motifs is 1. The number of nitrogens with one attached hydrogen (secondary N) is 2. The lowest BCUT2D eigenvalue weighted by Gasteiger charge is -2.33. The predicted molar refractivity (Wildman–Crippen MR) is 128 cm³/mol. The molecule has 2 aromatic rings. The predicted octanol–water partition coefficient (Wildman–Crippen LogP) is 4.57. The zero-order chi connectivity index (χ0) is 25.1. The summed E-state index contributed by atoms with van der Waals surface area (Å²) in [5.41, 5.74) is 1.70. The molecule has 0 unspecified atom stereocenters. The number of nitriles is 1. The van der Waals surface area contributed by atoms with Crippen LogP contribution in [0.2, 0.25) is 0 Å². The maximum absolute atomic E-state index is 12.4. The van der Waals surface area contributed by atoms with E-state index in [1.165, 1.54) is 0 Å². The van der Waals surface area contributed by atoms with E-state index in [1.807, 2.05) is 33.8 Å². The summed E-state index contributed by atoms with van der Waals surface area (Å²) < 4.78 is 11.5. The van der Waals surface area contributed by atoms with Gasteiger partial charge < -0.3 is 20.1 Å². The molecule has 1 aromatic heterocycles. The molecule has 1 aliphatic rings. The minimum atomic E-state index is -0.702. The molecular formula is C26H32N4O4. The minimum absolute atomic E-state index is 0.158. The molecule has 180 valence electrons. The number of carbonyl (C=O) groups excluding carboxylic acids is 2. The van der Waals surface area contributed by atoms with E-state index >= 15 is 0 Å². The molecule has 0 fully saturated rings. The molecule has 1 aliphatic heterocycles. The standard InChI is InChI=1S/C26H32N4O4/c1-16(2)12-26(6,30-24(32)34-25(3,4)5)15-33-21-8-7-17(11-18(21)13-27)19-9-10-28-20-14-29-23(31)22(19)20/h7-11,16H,12,14-15H2,1-6H3,(H,29,31)(H,30,32)/t26-/m0/s1. The Morgan fingerprint density at radius 1 is 1.26 bits per heavy atom. The number of pyridine rings is 1. The molecule has 0 aliphatic carbocycles. The summed E-state index contributed by atoms with van der Waals surface area (Å²) >= 11 is 0. The van der Waals surface area contributed by atoms with Gasteiger partial charge in [-0.1, -0.05) is 19.9 Å². The van der Waals surface area contributed by atoms with Crippen LogP contribution in [-0.2, 0) is 11.3 Å². The van der Waals surface area contributed by atoms with Gasteiger partial charge in [0, 0.05) is 6.20 Å². The molecule has 0 saturated carbocycles. The van der Waals surface area contributed by atoms with Crippen LogP contribution in [-0.4, -0.2) is 34.7 Å². The van der Waals surface area contributed by atoms with Gasteiger partial charge in [0.15, 0.2) is 0 Å². The summed E-state index contributed by atoms with van der Waals surface area (Å²) in [4.78, 5) is 29.0. The van der Waals surface area contributed by atoms with Crippen molar-refractivity contribution in [3.05, 3.63) is 47.3 Å². The van der Waals surface area contributed by atoms with E-state index in [9.17, 15) is 14.9 Å². The fourth-order valence-corrected chi connectivity index (χ4v) is 4.13. The molecule has 34 heavy (non-hydrogen) atoms. The molecule has 1 atom stereocenters. The topological polar surface area (TPSA) is 113 Å². The number of carbonyl (C=O) groups is 2. The molecule has 2 N–H and O–H groups in total. The lowest BCUT2D eigenvalue weighted by molar-refractivity contribution is 0.0407. The highest BCUT2D eigenvalue weighted by atomic mass is 16.6. The van der Waals surface area contributed by atoms with Crippen LogP contribution in [0.4, 0.5) is 4.79 Å². The average Bonchev–Trinajstić information content (AvgIpc) is 3.11. The van der Waals surface area contributed by atoms with Crippen molar-refractivity contribution in [1.29, 1.82) is 5.26 Å². The summed E-state index contributed by atoms with van der Waals surface area (Å²) in [6, 6.07) is 9.19. The van der Waals surface area contributed by atoms with Crippen LogP contribution < -0.4 is 15.4 Å². The molecule has 3 rings (SSSR count). The van der Waals surface area contributed by atoms with Crippen LogP contribution in [0.25, 0.3) is 11.1 Å². The van der Waals surface area contributed by atoms with Crippen LogP contribution in [0.15, 0.2) is 30.5 Å². The lowest BCUT2D eigenvalue weighted by Crippen LogP contribution is -2.52. The number of nitrogens with zero attached hydrogens (tertiary/aromatic N) is 2. The zero-order valence-corrected chi connectivity index (χ0v) is 20.6. The summed E-state index contributed by atoms with van der Waals surface area (Å²) in [5.74, 6) is 0.526. The molecule has 8 heteroatoms. The number of aromatic nitrogens is 1. The number of amides is 2. The van der Waals surface area contributed by atoms with Crippen LogP contribution in [0.5, 0.6) is 5.75 Å². The van der Waals surface area contributed by atoms with Gasteiger partial charge in [0.1, 0.15) is 24.0 Å². The van der Waals surface area contributed by atoms with Gasteiger partial charge in [-0.25, -0.2) is 4.79 Å². The van der Waals surface area contributed by atoms with E-state index in [2.05, 4.69) is 35.5 Å². The van der Waals surface area contributed by atoms with E-state index in [-0.39, 0.29) is 12.5 Å². The Morgan fingerprint density at radius 3 is 2.65 bits per heavy atom. The Hall–Kier alpha value is -3.60.